The van der Waals surface area contributed by atoms with Gasteiger partial charge in [0.15, 0.2) is 6.73 Å². The third kappa shape index (κ3) is 5.43. The van der Waals surface area contributed by atoms with E-state index in [9.17, 15) is 24.3 Å². The molecule has 4 aliphatic carbocycles. The maximum atomic E-state index is 14.2. The minimum atomic E-state index is -0.760. The molecule has 0 spiro atoms. The molecule has 8 unspecified atom stereocenters. The molecular formula is C42H55NO7. The zero-order chi connectivity index (χ0) is 36.6. The molecule has 2 amide bonds. The lowest BCUT2D eigenvalue weighted by Crippen LogP contribution is -2.55. The third-order valence-electron chi connectivity index (χ3n) is 14.1. The number of fused-ring (bicyclic) bond motifs is 6. The summed E-state index contributed by atoms with van der Waals surface area (Å²) in [7, 11) is 0. The van der Waals surface area contributed by atoms with Gasteiger partial charge in [0.05, 0.1) is 23.1 Å². The van der Waals surface area contributed by atoms with E-state index in [0.717, 1.165) is 29.7 Å². The van der Waals surface area contributed by atoms with Gasteiger partial charge in [0, 0.05) is 23.7 Å². The molecule has 2 saturated carbocycles. The molecule has 8 atom stereocenters. The molecule has 8 nitrogen and oxygen atoms in total. The highest BCUT2D eigenvalue weighted by Crippen LogP contribution is 2.72. The topological polar surface area (TPSA) is 110 Å². The van der Waals surface area contributed by atoms with Gasteiger partial charge in [0.2, 0.25) is 0 Å². The average molecular weight is 686 g/mol. The van der Waals surface area contributed by atoms with Gasteiger partial charge in [-0.3, -0.25) is 19.2 Å². The highest BCUT2D eigenvalue weighted by Gasteiger charge is 2.67. The lowest BCUT2D eigenvalue weighted by Gasteiger charge is -2.61. The molecule has 1 aliphatic heterocycles. The van der Waals surface area contributed by atoms with Crippen LogP contribution in [0.15, 0.2) is 59.7 Å². The fourth-order valence-electron chi connectivity index (χ4n) is 10.9. The summed E-state index contributed by atoms with van der Waals surface area (Å²) >= 11 is 0. The van der Waals surface area contributed by atoms with Crippen LogP contribution in [0.2, 0.25) is 0 Å². The van der Waals surface area contributed by atoms with Crippen molar-refractivity contribution >= 4 is 23.8 Å². The Bertz CT molecular complexity index is 1650. The number of esters is 2. The van der Waals surface area contributed by atoms with E-state index >= 15 is 0 Å². The van der Waals surface area contributed by atoms with E-state index in [0.29, 0.717) is 36.8 Å². The third-order valence-corrected chi connectivity index (χ3v) is 14.1. The lowest BCUT2D eigenvalue weighted by molar-refractivity contribution is -0.165. The predicted octanol–water partition coefficient (Wildman–Crippen LogP) is 7.82. The summed E-state index contributed by atoms with van der Waals surface area (Å²) in [6.45, 7) is 20.8. The zero-order valence-electron chi connectivity index (χ0n) is 31.1. The largest absolute Gasteiger partial charge is 0.462 e. The summed E-state index contributed by atoms with van der Waals surface area (Å²) in [5.41, 5.74) is 3.05. The molecule has 1 aromatic rings. The van der Waals surface area contributed by atoms with Crippen LogP contribution in [0, 0.1) is 45.3 Å². The number of carbonyl (C=O) groups excluding carboxylic acids is 4. The molecule has 5 aliphatic rings. The molecular weight excluding hydrogens is 630 g/mol. The summed E-state index contributed by atoms with van der Waals surface area (Å²) in [6.07, 6.45) is 8.67. The quantitative estimate of drug-likeness (QED) is 0.160. The van der Waals surface area contributed by atoms with Crippen LogP contribution in [-0.2, 0) is 19.1 Å². The number of amides is 2. The minimum Gasteiger partial charge on any atom is -0.462 e. The van der Waals surface area contributed by atoms with E-state index in [4.69, 9.17) is 9.47 Å². The summed E-state index contributed by atoms with van der Waals surface area (Å²) in [5, 5.41) is 12.1. The van der Waals surface area contributed by atoms with Crippen molar-refractivity contribution in [2.75, 3.05) is 6.73 Å². The average Bonchev–Trinajstić information content (AvgIpc) is 3.41. The Kier molecular flexibility index (Phi) is 9.15. The molecule has 2 fully saturated rings. The Labute approximate surface area is 297 Å². The van der Waals surface area contributed by atoms with Crippen LogP contribution in [0.5, 0.6) is 0 Å². The first-order valence-electron chi connectivity index (χ1n) is 18.4. The summed E-state index contributed by atoms with van der Waals surface area (Å²) in [6, 6.07) is 6.62. The molecule has 8 heteroatoms. The number of ether oxygens (including phenoxy) is 2. The standard InChI is InChI=1S/C42H55NO7/c1-24(2)25(3)14-15-29(38(48)49-23-43-36(46)27-12-10-11-13-28(27)37(43)47)35-32(45)22-42(9)31-16-17-33-39(5,6)34(50-26(4)44)19-20-40(33,7)30(31)18-21-41(35,42)8/h10-13,16,18,24,29,32-35,45H,3,14-15,17,19-23H2,1-2,4-9H3. The molecule has 0 saturated heterocycles. The predicted molar refractivity (Wildman–Crippen MR) is 190 cm³/mol. The number of hydrogen-bond acceptors (Lipinski definition) is 7. The van der Waals surface area contributed by atoms with Crippen molar-refractivity contribution in [3.05, 3.63) is 70.8 Å². The zero-order valence-corrected chi connectivity index (χ0v) is 31.1. The second-order valence-corrected chi connectivity index (χ2v) is 17.3. The first-order chi connectivity index (χ1) is 23.4. The normalized spacial score (nSPS) is 34.6. The van der Waals surface area contributed by atoms with Crippen molar-refractivity contribution in [2.45, 2.75) is 113 Å². The maximum absolute atomic E-state index is 14.2. The van der Waals surface area contributed by atoms with Gasteiger partial charge in [0.1, 0.15) is 6.10 Å². The van der Waals surface area contributed by atoms with E-state index in [-0.39, 0.29) is 34.7 Å². The van der Waals surface area contributed by atoms with Gasteiger partial charge in [-0.1, -0.05) is 84.9 Å². The van der Waals surface area contributed by atoms with Gasteiger partial charge in [-0.05, 0) is 90.9 Å². The SMILES string of the molecule is C=C(CCC(C(=O)OCN1C(=O)c2ccccc2C1=O)C1C(O)CC2(C)C3=CCC4C(C)(CCC(OC(C)=O)C4(C)C)C3=CCC12C)C(C)C. The van der Waals surface area contributed by atoms with Crippen molar-refractivity contribution in [3.8, 4) is 0 Å². The van der Waals surface area contributed by atoms with Gasteiger partial charge < -0.3 is 14.6 Å². The van der Waals surface area contributed by atoms with E-state index in [1.54, 1.807) is 24.3 Å². The molecule has 270 valence electrons. The fraction of sp³-hybridized carbons (Fsp3) is 0.619. The summed E-state index contributed by atoms with van der Waals surface area (Å²) in [5.74, 6) is -2.25. The highest BCUT2D eigenvalue weighted by atomic mass is 16.5. The number of allylic oxidation sites excluding steroid dienone is 5. The van der Waals surface area contributed by atoms with Crippen LogP contribution in [0.25, 0.3) is 0 Å². The van der Waals surface area contributed by atoms with Gasteiger partial charge in [0.25, 0.3) is 11.8 Å². The number of hydrogen-bond donors (Lipinski definition) is 1. The molecule has 6 rings (SSSR count). The number of benzene rings is 1. The molecule has 0 radical (unpaired) electrons. The molecule has 1 N–H and O–H groups in total. The van der Waals surface area contributed by atoms with Crippen molar-refractivity contribution in [3.63, 3.8) is 0 Å². The molecule has 1 aromatic carbocycles. The summed E-state index contributed by atoms with van der Waals surface area (Å²) < 4.78 is 11.7. The first-order valence-corrected chi connectivity index (χ1v) is 18.4. The molecule has 1 heterocycles. The Morgan fingerprint density at radius 1 is 1.02 bits per heavy atom. The van der Waals surface area contributed by atoms with E-state index in [1.165, 1.54) is 18.1 Å². The van der Waals surface area contributed by atoms with Crippen LogP contribution < -0.4 is 0 Å². The van der Waals surface area contributed by atoms with E-state index < -0.39 is 53.3 Å². The Balaban J connectivity index is 1.30. The van der Waals surface area contributed by atoms with Crippen LogP contribution in [0.3, 0.4) is 0 Å². The molecule has 0 bridgehead atoms. The number of carbonyl (C=O) groups is 4. The second kappa shape index (κ2) is 12.6. The number of rotatable bonds is 9. The summed E-state index contributed by atoms with van der Waals surface area (Å²) in [4.78, 5) is 53.4. The van der Waals surface area contributed by atoms with Gasteiger partial charge in [-0.15, -0.1) is 0 Å². The first kappa shape index (κ1) is 36.3. The number of aliphatic hydroxyl groups is 1. The van der Waals surface area contributed by atoms with Crippen LogP contribution >= 0.6 is 0 Å². The van der Waals surface area contributed by atoms with Crippen molar-refractivity contribution < 1.29 is 33.8 Å². The fourth-order valence-corrected chi connectivity index (χ4v) is 10.9. The monoisotopic (exact) mass is 685 g/mol. The van der Waals surface area contributed by atoms with Gasteiger partial charge in [-0.2, -0.15) is 0 Å². The smallest absolute Gasteiger partial charge is 0.311 e. The number of imide groups is 1. The van der Waals surface area contributed by atoms with Gasteiger partial charge >= 0.3 is 11.9 Å². The van der Waals surface area contributed by atoms with Crippen molar-refractivity contribution in [2.24, 2.45) is 45.3 Å². The lowest BCUT2D eigenvalue weighted by atomic mass is 9.44. The van der Waals surface area contributed by atoms with Crippen LogP contribution in [-0.4, -0.2) is 52.7 Å². The highest BCUT2D eigenvalue weighted by molar-refractivity contribution is 6.21. The van der Waals surface area contributed by atoms with E-state index in [2.05, 4.69) is 67.2 Å². The van der Waals surface area contributed by atoms with Gasteiger partial charge in [-0.25, -0.2) is 4.90 Å². The number of aliphatic hydroxyl groups excluding tert-OH is 1. The van der Waals surface area contributed by atoms with Crippen LogP contribution in [0.1, 0.15) is 121 Å². The van der Waals surface area contributed by atoms with Crippen molar-refractivity contribution in [1.29, 1.82) is 0 Å². The minimum absolute atomic E-state index is 0.114. The Hall–Kier alpha value is -3.52. The second-order valence-electron chi connectivity index (χ2n) is 17.3. The number of nitrogens with zero attached hydrogens (tertiary/aromatic N) is 1. The Morgan fingerprint density at radius 3 is 2.26 bits per heavy atom. The van der Waals surface area contributed by atoms with Crippen LogP contribution in [0.4, 0.5) is 0 Å². The Morgan fingerprint density at radius 2 is 1.66 bits per heavy atom. The van der Waals surface area contributed by atoms with Crippen molar-refractivity contribution in [1.82, 2.24) is 4.90 Å². The molecule has 0 aromatic heterocycles. The van der Waals surface area contributed by atoms with E-state index in [1.807, 2.05) is 0 Å². The molecule has 50 heavy (non-hydrogen) atoms. The maximum Gasteiger partial charge on any atom is 0.311 e.